The van der Waals surface area contributed by atoms with Crippen LogP contribution in [0.5, 0.6) is 0 Å². The number of unbranched alkanes of at least 4 members (excludes halogenated alkanes) is 3. The average molecular weight is 405 g/mol. The second-order valence-electron chi connectivity index (χ2n) is 7.97. The van der Waals surface area contributed by atoms with Gasteiger partial charge in [0.2, 0.25) is 9.76 Å². The molecular formula is C21H46OP2Si. The zero-order valence-electron chi connectivity index (χ0n) is 18.1. The molecule has 0 aliphatic rings. The minimum Gasteiger partial charge on any atom is -0.417 e. The zero-order valence-corrected chi connectivity index (χ0v) is 21.0. The summed E-state index contributed by atoms with van der Waals surface area (Å²) in [5.41, 5.74) is 0.947. The molecule has 0 rings (SSSR count). The molecule has 0 bridgehead atoms. The Hall–Kier alpha value is 1.04. The topological polar surface area (TPSA) is 9.23 Å². The van der Waals surface area contributed by atoms with E-state index in [1.165, 1.54) is 84.6 Å². The molecule has 1 nitrogen and oxygen atoms in total. The fourth-order valence-corrected chi connectivity index (χ4v) is 9.28. The van der Waals surface area contributed by atoms with Gasteiger partial charge in [-0.3, -0.25) is 0 Å². The van der Waals surface area contributed by atoms with Gasteiger partial charge in [-0.05, 0) is 74.4 Å². The largest absolute Gasteiger partial charge is 0.417 e. The van der Waals surface area contributed by atoms with E-state index in [0.29, 0.717) is 22.7 Å². The highest BCUT2D eigenvalue weighted by atomic mass is 31.1. The first kappa shape index (κ1) is 26.0. The van der Waals surface area contributed by atoms with Crippen LogP contribution >= 0.6 is 16.5 Å². The van der Waals surface area contributed by atoms with Gasteiger partial charge in [0.05, 0.1) is 0 Å². The molecule has 0 aromatic carbocycles. The average Bonchev–Trinajstić information content (AvgIpc) is 2.59. The third-order valence-electron chi connectivity index (χ3n) is 4.66. The van der Waals surface area contributed by atoms with E-state index in [1.54, 1.807) is 0 Å². The highest BCUT2D eigenvalue weighted by Gasteiger charge is 2.25. The van der Waals surface area contributed by atoms with Crippen LogP contribution < -0.4 is 0 Å². The van der Waals surface area contributed by atoms with Crippen LogP contribution in [0.2, 0.25) is 5.04 Å². The molecule has 2 unspecified atom stereocenters. The minimum absolute atomic E-state index is 0.299. The summed E-state index contributed by atoms with van der Waals surface area (Å²) in [5, 5.41) is 0.371. The highest BCUT2D eigenvalue weighted by molar-refractivity contribution is 7.57. The van der Waals surface area contributed by atoms with Crippen LogP contribution in [0.4, 0.5) is 0 Å². The monoisotopic (exact) mass is 404 g/mol. The van der Waals surface area contributed by atoms with Gasteiger partial charge in [-0.25, -0.2) is 0 Å². The Kier molecular flexibility index (Phi) is 17.9. The first-order valence-corrected chi connectivity index (χ1v) is 14.9. The third-order valence-corrected chi connectivity index (χ3v) is 10.4. The van der Waals surface area contributed by atoms with Gasteiger partial charge in [-0.2, -0.15) is 0 Å². The van der Waals surface area contributed by atoms with Crippen molar-refractivity contribution in [3.8, 4) is 0 Å². The first-order chi connectivity index (χ1) is 12.0. The number of hydrogen-bond donors (Lipinski definition) is 0. The van der Waals surface area contributed by atoms with Crippen molar-refractivity contribution in [2.45, 2.75) is 104 Å². The van der Waals surface area contributed by atoms with E-state index in [0.717, 1.165) is 12.3 Å². The molecule has 0 aliphatic heterocycles. The molecule has 0 fully saturated rings. The molecule has 0 aliphatic carbocycles. The van der Waals surface area contributed by atoms with Crippen LogP contribution in [0.15, 0.2) is 0 Å². The van der Waals surface area contributed by atoms with Gasteiger partial charge in [0.1, 0.15) is 0 Å². The van der Waals surface area contributed by atoms with Crippen LogP contribution in [0.1, 0.15) is 92.9 Å². The molecule has 150 valence electrons. The van der Waals surface area contributed by atoms with E-state index in [2.05, 4.69) is 41.5 Å². The Morgan fingerprint density at radius 1 is 0.920 bits per heavy atom. The summed E-state index contributed by atoms with van der Waals surface area (Å²) in [6.45, 7) is 14.9. The molecular weight excluding hydrogens is 358 g/mol. The lowest BCUT2D eigenvalue weighted by molar-refractivity contribution is 0.335. The Morgan fingerprint density at radius 2 is 1.52 bits per heavy atom. The molecule has 0 aromatic heterocycles. The van der Waals surface area contributed by atoms with Crippen molar-refractivity contribution in [1.82, 2.24) is 0 Å². The van der Waals surface area contributed by atoms with Gasteiger partial charge < -0.3 is 4.43 Å². The number of rotatable bonds is 18. The van der Waals surface area contributed by atoms with E-state index in [-0.39, 0.29) is 0 Å². The van der Waals surface area contributed by atoms with Crippen molar-refractivity contribution in [1.29, 1.82) is 0 Å². The predicted octanol–water partition coefficient (Wildman–Crippen LogP) is 7.55. The summed E-state index contributed by atoms with van der Waals surface area (Å²) in [6, 6.07) is 0. The Balaban J connectivity index is 4.55. The third kappa shape index (κ3) is 15.8. The summed E-state index contributed by atoms with van der Waals surface area (Å²) in [7, 11) is 2.14. The van der Waals surface area contributed by atoms with Crippen LogP contribution in [-0.4, -0.2) is 46.7 Å². The maximum atomic E-state index is 5.79. The molecule has 0 saturated heterocycles. The van der Waals surface area contributed by atoms with Crippen molar-refractivity contribution in [2.24, 2.45) is 0 Å². The SMILES string of the molecule is CCCCPC(CCP(CCCC)CCCC)CC(C)(C)[Si]OCC. The standard InChI is InChI=1S/C21H46OP2Si/c1-7-11-15-23-20(19-21(5,6)25-22-10-4)14-18-24(16-12-8-2)17-13-9-3/h20,23H,7-19H2,1-6H3. The van der Waals surface area contributed by atoms with E-state index in [1.807, 2.05) is 0 Å². The maximum absolute atomic E-state index is 5.79. The van der Waals surface area contributed by atoms with Crippen molar-refractivity contribution >= 4 is 26.3 Å². The lowest BCUT2D eigenvalue weighted by Gasteiger charge is -2.30. The van der Waals surface area contributed by atoms with E-state index < -0.39 is 0 Å². The minimum atomic E-state index is 0.299. The molecule has 2 atom stereocenters. The van der Waals surface area contributed by atoms with Crippen molar-refractivity contribution in [2.75, 3.05) is 31.3 Å². The maximum Gasteiger partial charge on any atom is 0.235 e. The predicted molar refractivity (Wildman–Crippen MR) is 124 cm³/mol. The van der Waals surface area contributed by atoms with E-state index in [4.69, 9.17) is 4.43 Å². The molecule has 25 heavy (non-hydrogen) atoms. The van der Waals surface area contributed by atoms with E-state index in [9.17, 15) is 0 Å². The van der Waals surface area contributed by atoms with Crippen LogP contribution in [0, 0.1) is 0 Å². The fraction of sp³-hybridized carbons (Fsp3) is 1.00. The lowest BCUT2D eigenvalue weighted by Crippen LogP contribution is -2.22. The lowest BCUT2D eigenvalue weighted by atomic mass is 10.1. The van der Waals surface area contributed by atoms with Gasteiger partial charge in [-0.1, -0.05) is 53.9 Å². The normalized spacial score (nSPS) is 14.0. The molecule has 0 amide bonds. The Labute approximate surface area is 165 Å². The molecule has 0 aromatic rings. The van der Waals surface area contributed by atoms with Gasteiger partial charge in [0.25, 0.3) is 0 Å². The van der Waals surface area contributed by atoms with Crippen molar-refractivity contribution in [3.05, 3.63) is 0 Å². The fourth-order valence-electron chi connectivity index (χ4n) is 3.12. The summed E-state index contributed by atoms with van der Waals surface area (Å²) < 4.78 is 5.79. The van der Waals surface area contributed by atoms with Crippen LogP contribution in [-0.2, 0) is 4.43 Å². The molecule has 0 heterocycles. The van der Waals surface area contributed by atoms with E-state index >= 15 is 0 Å². The second kappa shape index (κ2) is 17.2. The second-order valence-corrected chi connectivity index (χ2v) is 14.2. The van der Waals surface area contributed by atoms with Crippen molar-refractivity contribution < 1.29 is 4.43 Å². The molecule has 0 N–H and O–H groups in total. The Morgan fingerprint density at radius 3 is 2.04 bits per heavy atom. The van der Waals surface area contributed by atoms with Crippen LogP contribution in [0.3, 0.4) is 0 Å². The first-order valence-electron chi connectivity index (χ1n) is 10.8. The van der Waals surface area contributed by atoms with Gasteiger partial charge in [0.15, 0.2) is 0 Å². The quantitative estimate of drug-likeness (QED) is 0.130. The summed E-state index contributed by atoms with van der Waals surface area (Å²) >= 11 is 0. The smallest absolute Gasteiger partial charge is 0.235 e. The van der Waals surface area contributed by atoms with Gasteiger partial charge in [-0.15, -0.1) is 16.5 Å². The molecule has 0 saturated carbocycles. The number of hydrogen-bond acceptors (Lipinski definition) is 1. The van der Waals surface area contributed by atoms with Crippen molar-refractivity contribution in [3.63, 3.8) is 0 Å². The summed E-state index contributed by atoms with van der Waals surface area (Å²) in [4.78, 5) is 0. The molecule has 2 radical (unpaired) electrons. The molecule has 0 spiro atoms. The van der Waals surface area contributed by atoms with Crippen LogP contribution in [0.25, 0.3) is 0 Å². The highest BCUT2D eigenvalue weighted by Crippen LogP contribution is 2.44. The summed E-state index contributed by atoms with van der Waals surface area (Å²) in [6.07, 6.45) is 17.3. The summed E-state index contributed by atoms with van der Waals surface area (Å²) in [5.74, 6) is 0. The van der Waals surface area contributed by atoms with Gasteiger partial charge >= 0.3 is 0 Å². The molecule has 4 heteroatoms. The zero-order chi connectivity index (χ0) is 19.0. The Bertz CT molecular complexity index is 279. The van der Waals surface area contributed by atoms with Gasteiger partial charge in [0, 0.05) is 6.61 Å².